The van der Waals surface area contributed by atoms with E-state index in [9.17, 15) is 9.59 Å². The quantitative estimate of drug-likeness (QED) is 0.115. The largest absolute Gasteiger partial charge is 0.466 e. The molecule has 0 bridgehead atoms. The van der Waals surface area contributed by atoms with Crippen molar-refractivity contribution in [1.82, 2.24) is 0 Å². The lowest BCUT2D eigenvalue weighted by Crippen LogP contribution is -2.05. The Morgan fingerprint density at radius 2 is 0.781 bits per heavy atom. The summed E-state index contributed by atoms with van der Waals surface area (Å²) in [6, 6.07) is 0. The summed E-state index contributed by atoms with van der Waals surface area (Å²) < 4.78 is 10.6. The molecule has 0 radical (unpaired) electrons. The Hall–Kier alpha value is -1.06. The first-order chi connectivity index (χ1) is 15.4. The van der Waals surface area contributed by atoms with Crippen LogP contribution in [0.4, 0.5) is 0 Å². The topological polar surface area (TPSA) is 52.6 Å². The Labute approximate surface area is 199 Å². The van der Waals surface area contributed by atoms with Crippen molar-refractivity contribution in [1.29, 1.82) is 0 Å². The summed E-state index contributed by atoms with van der Waals surface area (Å²) in [5, 5.41) is 0. The molecule has 0 aliphatic carbocycles. The molecule has 0 saturated heterocycles. The van der Waals surface area contributed by atoms with Crippen LogP contribution in [0.5, 0.6) is 0 Å². The molecule has 0 atom stereocenters. The van der Waals surface area contributed by atoms with E-state index in [-0.39, 0.29) is 11.9 Å². The Bertz CT molecular complexity index is 391. The van der Waals surface area contributed by atoms with E-state index in [0.717, 1.165) is 63.2 Å². The van der Waals surface area contributed by atoms with Gasteiger partial charge in [0.2, 0.25) is 0 Å². The van der Waals surface area contributed by atoms with Crippen LogP contribution in [0.2, 0.25) is 0 Å². The number of rotatable bonds is 23. The van der Waals surface area contributed by atoms with Crippen LogP contribution in [-0.4, -0.2) is 25.2 Å². The van der Waals surface area contributed by atoms with Crippen molar-refractivity contribution in [3.05, 3.63) is 0 Å². The molecule has 0 aromatic rings. The summed E-state index contributed by atoms with van der Waals surface area (Å²) in [5.41, 5.74) is 0. The lowest BCUT2D eigenvalue weighted by molar-refractivity contribution is -0.144. The average molecular weight is 455 g/mol. The second kappa shape index (κ2) is 23.1. The molecule has 32 heavy (non-hydrogen) atoms. The highest BCUT2D eigenvalue weighted by Gasteiger charge is 2.04. The van der Waals surface area contributed by atoms with E-state index in [1.165, 1.54) is 51.4 Å². The van der Waals surface area contributed by atoms with Crippen LogP contribution in [0.1, 0.15) is 143 Å². The second-order valence-electron chi connectivity index (χ2n) is 10.3. The van der Waals surface area contributed by atoms with Gasteiger partial charge < -0.3 is 9.47 Å². The predicted octanol–water partition coefficient (Wildman–Crippen LogP) is 8.41. The smallest absolute Gasteiger partial charge is 0.305 e. The maximum absolute atomic E-state index is 11.7. The van der Waals surface area contributed by atoms with Gasteiger partial charge in [0.05, 0.1) is 13.2 Å². The van der Waals surface area contributed by atoms with Crippen molar-refractivity contribution in [2.45, 2.75) is 143 Å². The van der Waals surface area contributed by atoms with Crippen LogP contribution >= 0.6 is 0 Å². The fourth-order valence-corrected chi connectivity index (χ4v) is 3.78. The van der Waals surface area contributed by atoms with Crippen LogP contribution < -0.4 is 0 Å². The molecule has 190 valence electrons. The third kappa shape index (κ3) is 25.2. The van der Waals surface area contributed by atoms with Gasteiger partial charge >= 0.3 is 11.9 Å². The number of carbonyl (C=O) groups is 2. The third-order valence-electron chi connectivity index (χ3n) is 5.89. The van der Waals surface area contributed by atoms with Gasteiger partial charge in [-0.2, -0.15) is 0 Å². The summed E-state index contributed by atoms with van der Waals surface area (Å²) in [4.78, 5) is 23.4. The summed E-state index contributed by atoms with van der Waals surface area (Å²) in [6.45, 7) is 10.2. The lowest BCUT2D eigenvalue weighted by atomic mass is 10.1. The Balaban J connectivity index is 3.26. The van der Waals surface area contributed by atoms with Gasteiger partial charge in [-0.05, 0) is 37.5 Å². The van der Waals surface area contributed by atoms with Crippen molar-refractivity contribution in [2.75, 3.05) is 13.2 Å². The molecule has 4 heteroatoms. The number of hydrogen-bond acceptors (Lipinski definition) is 4. The van der Waals surface area contributed by atoms with Crippen molar-refractivity contribution < 1.29 is 19.1 Å². The summed E-state index contributed by atoms with van der Waals surface area (Å²) in [5.74, 6) is 1.47. The number of carbonyl (C=O) groups excluding carboxylic acids is 2. The minimum Gasteiger partial charge on any atom is -0.466 e. The monoisotopic (exact) mass is 454 g/mol. The van der Waals surface area contributed by atoms with Gasteiger partial charge in [-0.3, -0.25) is 9.59 Å². The zero-order valence-corrected chi connectivity index (χ0v) is 21.9. The van der Waals surface area contributed by atoms with Gasteiger partial charge in [-0.1, -0.05) is 105 Å². The van der Waals surface area contributed by atoms with E-state index in [1.807, 2.05) is 0 Å². The van der Waals surface area contributed by atoms with E-state index >= 15 is 0 Å². The molecule has 0 fully saturated rings. The molecule has 0 aromatic heterocycles. The normalized spacial score (nSPS) is 11.3. The fraction of sp³-hybridized carbons (Fsp3) is 0.929. The number of hydrogen-bond donors (Lipinski definition) is 0. The molecule has 0 aliphatic heterocycles. The molecule has 0 unspecified atom stereocenters. The van der Waals surface area contributed by atoms with Crippen molar-refractivity contribution in [3.63, 3.8) is 0 Å². The highest BCUT2D eigenvalue weighted by atomic mass is 16.5. The average Bonchev–Trinajstić information content (AvgIpc) is 2.74. The maximum atomic E-state index is 11.7. The first-order valence-electron chi connectivity index (χ1n) is 13.7. The lowest BCUT2D eigenvalue weighted by Gasteiger charge is -2.07. The Kier molecular flexibility index (Phi) is 22.3. The van der Waals surface area contributed by atoms with E-state index in [4.69, 9.17) is 9.47 Å². The Morgan fingerprint density at radius 1 is 0.469 bits per heavy atom. The number of unbranched alkanes of at least 4 members (excludes halogenated alkanes) is 11. The second-order valence-corrected chi connectivity index (χ2v) is 10.3. The third-order valence-corrected chi connectivity index (χ3v) is 5.89. The highest BCUT2D eigenvalue weighted by molar-refractivity contribution is 5.69. The molecule has 0 aliphatic rings. The molecule has 0 N–H and O–H groups in total. The number of ether oxygens (including phenoxy) is 2. The molecule has 0 spiro atoms. The van der Waals surface area contributed by atoms with Crippen LogP contribution in [0.15, 0.2) is 0 Å². The summed E-state index contributed by atoms with van der Waals surface area (Å²) in [6.07, 6.45) is 19.3. The maximum Gasteiger partial charge on any atom is 0.305 e. The molecule has 0 rings (SSSR count). The minimum absolute atomic E-state index is 0.0312. The van der Waals surface area contributed by atoms with E-state index in [1.54, 1.807) is 0 Å². The standard InChI is InChI=1S/C28H54O4/c1-25(2)19-13-11-17-23-31-27(29)21-15-9-7-5-6-8-10-16-22-28(30)32-24-18-12-14-20-26(3)4/h25-26H,5-24H2,1-4H3. The molecule has 4 nitrogen and oxygen atoms in total. The van der Waals surface area contributed by atoms with Gasteiger partial charge in [0.25, 0.3) is 0 Å². The highest BCUT2D eigenvalue weighted by Crippen LogP contribution is 2.12. The molecule has 0 heterocycles. The Morgan fingerprint density at radius 3 is 1.12 bits per heavy atom. The SMILES string of the molecule is CC(C)CCCCCOC(=O)CCCCCCCCCCC(=O)OCCCCCC(C)C. The van der Waals surface area contributed by atoms with Gasteiger partial charge in [-0.25, -0.2) is 0 Å². The zero-order chi connectivity index (χ0) is 23.9. The summed E-state index contributed by atoms with van der Waals surface area (Å²) in [7, 11) is 0. The van der Waals surface area contributed by atoms with Crippen LogP contribution in [0.25, 0.3) is 0 Å². The predicted molar refractivity (Wildman–Crippen MR) is 135 cm³/mol. The molecule has 0 amide bonds. The van der Waals surface area contributed by atoms with Crippen molar-refractivity contribution in [2.24, 2.45) is 11.8 Å². The van der Waals surface area contributed by atoms with Crippen LogP contribution in [0.3, 0.4) is 0 Å². The van der Waals surface area contributed by atoms with Crippen LogP contribution in [-0.2, 0) is 19.1 Å². The van der Waals surface area contributed by atoms with E-state index in [2.05, 4.69) is 27.7 Å². The van der Waals surface area contributed by atoms with E-state index < -0.39 is 0 Å². The van der Waals surface area contributed by atoms with E-state index in [0.29, 0.717) is 26.1 Å². The van der Waals surface area contributed by atoms with Gasteiger partial charge in [0, 0.05) is 12.8 Å². The van der Waals surface area contributed by atoms with Gasteiger partial charge in [0.15, 0.2) is 0 Å². The fourth-order valence-electron chi connectivity index (χ4n) is 3.78. The van der Waals surface area contributed by atoms with Crippen molar-refractivity contribution >= 4 is 11.9 Å². The first kappa shape index (κ1) is 30.9. The van der Waals surface area contributed by atoms with Crippen LogP contribution in [0, 0.1) is 11.8 Å². The van der Waals surface area contributed by atoms with Crippen molar-refractivity contribution in [3.8, 4) is 0 Å². The number of esters is 2. The first-order valence-corrected chi connectivity index (χ1v) is 13.7. The van der Waals surface area contributed by atoms with Gasteiger partial charge in [-0.15, -0.1) is 0 Å². The zero-order valence-electron chi connectivity index (χ0n) is 21.9. The molecular formula is C28H54O4. The minimum atomic E-state index is -0.0312. The molecule has 0 aromatic carbocycles. The molecule has 0 saturated carbocycles. The molecular weight excluding hydrogens is 400 g/mol. The van der Waals surface area contributed by atoms with Gasteiger partial charge in [0.1, 0.15) is 0 Å². The summed E-state index contributed by atoms with van der Waals surface area (Å²) >= 11 is 0.